The van der Waals surface area contributed by atoms with Gasteiger partial charge in [0, 0.05) is 22.8 Å². The van der Waals surface area contributed by atoms with Crippen LogP contribution in [0.15, 0.2) is 76.7 Å². The summed E-state index contributed by atoms with van der Waals surface area (Å²) in [5.74, 6) is -1.43. The van der Waals surface area contributed by atoms with Crippen molar-refractivity contribution >= 4 is 60.5 Å². The third kappa shape index (κ3) is 10.2. The molecule has 0 aliphatic carbocycles. The van der Waals surface area contributed by atoms with Crippen LogP contribution in [0, 0.1) is 10.8 Å². The van der Waals surface area contributed by atoms with Gasteiger partial charge in [-0.15, -0.1) is 4.52 Å². The van der Waals surface area contributed by atoms with Crippen molar-refractivity contribution in [2.75, 3.05) is 27.3 Å². The summed E-state index contributed by atoms with van der Waals surface area (Å²) in [5, 5.41) is 8.47. The van der Waals surface area contributed by atoms with Gasteiger partial charge in [-0.25, -0.2) is 0 Å². The number of carbonyl (C=O) groups excluding carboxylic acids is 3. The van der Waals surface area contributed by atoms with Gasteiger partial charge in [0.1, 0.15) is 6.66 Å². The van der Waals surface area contributed by atoms with E-state index in [1.54, 1.807) is 59.9 Å². The zero-order chi connectivity index (χ0) is 35.8. The van der Waals surface area contributed by atoms with E-state index in [9.17, 15) is 14.4 Å². The molecule has 12 nitrogen and oxygen atoms in total. The van der Waals surface area contributed by atoms with Crippen LogP contribution >= 0.6 is 19.6 Å². The molecule has 4 rings (SSSR count). The number of rotatable bonds is 13. The van der Waals surface area contributed by atoms with Crippen LogP contribution in [-0.2, 0) is 33.1 Å². The van der Waals surface area contributed by atoms with E-state index in [2.05, 4.69) is 15.2 Å². The maximum Gasteiger partial charge on any atom is 0.416 e. The molecule has 0 aliphatic heterocycles. The lowest BCUT2D eigenvalue weighted by Gasteiger charge is -2.26. The molecule has 2 aromatic heterocycles. The van der Waals surface area contributed by atoms with Crippen LogP contribution in [0.4, 0.5) is 0 Å². The fourth-order valence-corrected chi connectivity index (χ4v) is 6.23. The molecule has 1 amide bonds. The maximum absolute atomic E-state index is 14.0. The first-order valence-corrected chi connectivity index (χ1v) is 18.2. The number of nitrogens with one attached hydrogen (secondary N) is 1. The Morgan fingerprint density at radius 2 is 1.59 bits per heavy atom. The van der Waals surface area contributed by atoms with Crippen molar-refractivity contribution in [2.24, 2.45) is 10.8 Å². The molecule has 0 spiro atoms. The zero-order valence-corrected chi connectivity index (χ0v) is 30.6. The summed E-state index contributed by atoms with van der Waals surface area (Å²) < 4.78 is 23.2. The van der Waals surface area contributed by atoms with Crippen LogP contribution in [0.2, 0.25) is 0 Å². The van der Waals surface area contributed by atoms with Gasteiger partial charge in [-0.3, -0.25) is 24.5 Å². The number of hydrogen-bond acceptors (Lipinski definition) is 11. The number of nitrogens with zero attached hydrogens (tertiary/aromatic N) is 3. The molecule has 2 heterocycles. The number of carbonyl (C=O) groups is 3. The molecule has 14 heteroatoms. The lowest BCUT2D eigenvalue weighted by atomic mass is 9.98. The van der Waals surface area contributed by atoms with E-state index >= 15 is 0 Å². The minimum absolute atomic E-state index is 0. The van der Waals surface area contributed by atoms with Gasteiger partial charge >= 0.3 is 19.8 Å². The van der Waals surface area contributed by atoms with Crippen LogP contribution in [0.25, 0.3) is 23.1 Å². The van der Waals surface area contributed by atoms with Crippen molar-refractivity contribution in [2.45, 2.75) is 51.3 Å². The van der Waals surface area contributed by atoms with Gasteiger partial charge < -0.3 is 9.47 Å². The first kappa shape index (κ1) is 37.7. The van der Waals surface area contributed by atoms with E-state index in [1.807, 2.05) is 60.7 Å². The second-order valence-corrected chi connectivity index (χ2v) is 16.8. The summed E-state index contributed by atoms with van der Waals surface area (Å²) in [6, 6.07) is 18.8. The maximum atomic E-state index is 14.0. The van der Waals surface area contributed by atoms with Crippen molar-refractivity contribution in [1.29, 1.82) is 0 Å². The topological polar surface area (TPSA) is 142 Å². The molecular formula is C35H44N4O8PS+. The lowest BCUT2D eigenvalue weighted by molar-refractivity contribution is -0.271. The summed E-state index contributed by atoms with van der Waals surface area (Å²) >= 11 is 1.41. The summed E-state index contributed by atoms with van der Waals surface area (Å²) in [6.45, 7) is 10.7. The third-order valence-corrected chi connectivity index (χ3v) is 10.3. The molecule has 1 unspecified atom stereocenters. The lowest BCUT2D eigenvalue weighted by Crippen LogP contribution is -2.32. The third-order valence-electron chi connectivity index (χ3n) is 6.98. The average Bonchev–Trinajstić information content (AvgIpc) is 3.47. The number of amides is 1. The van der Waals surface area contributed by atoms with E-state index < -0.39 is 50.1 Å². The first-order chi connectivity index (χ1) is 23.1. The van der Waals surface area contributed by atoms with Crippen LogP contribution in [0.3, 0.4) is 0 Å². The highest BCUT2D eigenvalue weighted by molar-refractivity contribution is 7.99. The molecule has 262 valence electrons. The summed E-state index contributed by atoms with van der Waals surface area (Å²) in [5.41, 5.74) is 1.29. The van der Waals surface area contributed by atoms with Crippen molar-refractivity contribution in [3.63, 3.8) is 0 Å². The molecule has 0 aliphatic rings. The number of aromatic nitrogens is 3. The number of benzene rings is 2. The summed E-state index contributed by atoms with van der Waals surface area (Å²) in [6.07, 6.45) is 5.54. The van der Waals surface area contributed by atoms with E-state index in [4.69, 9.17) is 23.6 Å². The largest absolute Gasteiger partial charge is 0.435 e. The van der Waals surface area contributed by atoms with Crippen molar-refractivity contribution < 1.29 is 39.4 Å². The summed E-state index contributed by atoms with van der Waals surface area (Å²) in [4.78, 5) is 49.7. The molecule has 0 radical (unpaired) electrons. The SMILES string of the molecule is CN(C(=O)c1ccccc1Sc1ccc2c(/C=C/c3ccccn3)n[nH]c2c1)[P+](C)(OCOC(=O)C(C)(C)C)OOCOC(=O)C(C)(C)C.[HH]. The molecule has 49 heavy (non-hydrogen) atoms. The van der Waals surface area contributed by atoms with E-state index in [0.717, 1.165) is 27.2 Å². The van der Waals surface area contributed by atoms with Crippen LogP contribution in [0.1, 0.15) is 64.7 Å². The molecule has 0 fully saturated rings. The average molecular weight is 712 g/mol. The summed E-state index contributed by atoms with van der Waals surface area (Å²) in [7, 11) is -1.89. The molecule has 1 N–H and O–H groups in total. The Labute approximate surface area is 292 Å². The van der Waals surface area contributed by atoms with E-state index in [-0.39, 0.29) is 1.43 Å². The minimum atomic E-state index is -3.39. The Morgan fingerprint density at radius 1 is 0.918 bits per heavy atom. The second-order valence-electron chi connectivity index (χ2n) is 13.1. The molecule has 4 aromatic rings. The Kier molecular flexibility index (Phi) is 12.3. The monoisotopic (exact) mass is 711 g/mol. The predicted octanol–water partition coefficient (Wildman–Crippen LogP) is 8.05. The first-order valence-electron chi connectivity index (χ1n) is 15.4. The number of esters is 2. The smallest absolute Gasteiger partial charge is 0.416 e. The van der Waals surface area contributed by atoms with E-state index in [0.29, 0.717) is 10.5 Å². The van der Waals surface area contributed by atoms with Gasteiger partial charge in [0.2, 0.25) is 13.6 Å². The zero-order valence-electron chi connectivity index (χ0n) is 28.9. The number of pyridine rings is 1. The number of hydrogen-bond donors (Lipinski definition) is 1. The van der Waals surface area contributed by atoms with Gasteiger partial charge in [0.15, 0.2) is 0 Å². The molecule has 1 atom stereocenters. The van der Waals surface area contributed by atoms with Gasteiger partial charge in [0.05, 0.1) is 40.3 Å². The van der Waals surface area contributed by atoms with Crippen molar-refractivity contribution in [3.05, 3.63) is 83.8 Å². The second kappa shape index (κ2) is 16.1. The highest BCUT2D eigenvalue weighted by atomic mass is 32.2. The van der Waals surface area contributed by atoms with Gasteiger partial charge in [-0.2, -0.15) is 14.7 Å². The molecule has 0 saturated carbocycles. The molecular weight excluding hydrogens is 667 g/mol. The van der Waals surface area contributed by atoms with Gasteiger partial charge in [0.25, 0.3) is 5.91 Å². The number of fused-ring (bicyclic) bond motifs is 1. The molecule has 0 bridgehead atoms. The number of ether oxygens (including phenoxy) is 2. The molecule has 0 saturated heterocycles. The normalized spacial score (nSPS) is 13.3. The fraction of sp³-hybridized carbons (Fsp3) is 0.343. The standard InChI is InChI=1S/C35H42N4O8PS.H2/c1-34(2,3)32(41)43-22-45-47-48(8,46-23-44-33(42)35(4,5)6)39(7)31(40)27-14-9-10-15-30(27)49-25-17-18-26-28(37-38-29(26)21-25)19-16-24-13-11-12-20-36-24;/h9-21H,22-23H2,1-8H3,(H,37,38);1H/q+1;/b19-16+;. The Hall–Kier alpha value is -4.13. The van der Waals surface area contributed by atoms with Crippen molar-refractivity contribution in [3.8, 4) is 0 Å². The minimum Gasteiger partial charge on any atom is -0.435 e. The molecule has 2 aromatic carbocycles. The van der Waals surface area contributed by atoms with Gasteiger partial charge in [-0.05, 0) is 101 Å². The Balaban J connectivity index is 0.00000676. The number of H-pyrrole nitrogens is 1. The van der Waals surface area contributed by atoms with Crippen LogP contribution < -0.4 is 0 Å². The van der Waals surface area contributed by atoms with Crippen molar-refractivity contribution in [1.82, 2.24) is 19.9 Å². The Morgan fingerprint density at radius 3 is 2.27 bits per heavy atom. The van der Waals surface area contributed by atoms with Gasteiger partial charge in [-0.1, -0.05) is 30.0 Å². The number of aromatic amines is 1. The highest BCUT2D eigenvalue weighted by Gasteiger charge is 2.49. The Bertz CT molecular complexity index is 1810. The highest BCUT2D eigenvalue weighted by Crippen LogP contribution is 2.61. The van der Waals surface area contributed by atoms with Crippen LogP contribution in [-0.4, -0.2) is 65.0 Å². The fourth-order valence-electron chi connectivity index (χ4n) is 4.01. The quantitative estimate of drug-likeness (QED) is 0.0359. The van der Waals surface area contributed by atoms with E-state index in [1.165, 1.54) is 30.1 Å². The predicted molar refractivity (Wildman–Crippen MR) is 191 cm³/mol. The van der Waals surface area contributed by atoms with Crippen LogP contribution in [0.5, 0.6) is 0 Å².